The highest BCUT2D eigenvalue weighted by Gasteiger charge is 2.19. The molecule has 1 amide bonds. The molecule has 1 atom stereocenters. The maximum atomic E-state index is 12.4. The van der Waals surface area contributed by atoms with Gasteiger partial charge in [0.2, 0.25) is 0 Å². The van der Waals surface area contributed by atoms with E-state index in [0.717, 1.165) is 16.9 Å². The van der Waals surface area contributed by atoms with Gasteiger partial charge < -0.3 is 14.8 Å². The van der Waals surface area contributed by atoms with Crippen molar-refractivity contribution in [2.75, 3.05) is 12.4 Å². The van der Waals surface area contributed by atoms with Crippen molar-refractivity contribution < 1.29 is 14.3 Å². The molecule has 0 aromatic heterocycles. The third-order valence-corrected chi connectivity index (χ3v) is 3.47. The summed E-state index contributed by atoms with van der Waals surface area (Å²) in [6.07, 6.45) is 0.0467. The molecule has 0 fully saturated rings. The van der Waals surface area contributed by atoms with Crippen molar-refractivity contribution in [2.24, 2.45) is 0 Å². The lowest BCUT2D eigenvalue weighted by molar-refractivity contribution is -0.122. The molecule has 122 valence electrons. The zero-order valence-electron chi connectivity index (χ0n) is 14.1. The van der Waals surface area contributed by atoms with Gasteiger partial charge in [0.15, 0.2) is 6.10 Å². The Balaban J connectivity index is 2.08. The molecule has 2 rings (SSSR count). The zero-order chi connectivity index (χ0) is 16.8. The standard InChI is InChI=1S/C19H23NO3/c1-5-18(23-17-10-13(2)9-14(3)11-17)19(21)20-15-7-6-8-16(12-15)22-4/h6-12,18H,5H2,1-4H3,(H,20,21). The van der Waals surface area contributed by atoms with E-state index in [9.17, 15) is 4.79 Å². The van der Waals surface area contributed by atoms with Crippen molar-refractivity contribution in [1.29, 1.82) is 0 Å². The summed E-state index contributed by atoms with van der Waals surface area (Å²) in [4.78, 5) is 12.4. The van der Waals surface area contributed by atoms with Crippen LogP contribution in [0.1, 0.15) is 24.5 Å². The van der Waals surface area contributed by atoms with Gasteiger partial charge in [-0.25, -0.2) is 0 Å². The van der Waals surface area contributed by atoms with Crippen LogP contribution in [0, 0.1) is 13.8 Å². The highest BCUT2D eigenvalue weighted by Crippen LogP contribution is 2.20. The highest BCUT2D eigenvalue weighted by molar-refractivity contribution is 5.94. The first kappa shape index (κ1) is 16.9. The van der Waals surface area contributed by atoms with Gasteiger partial charge in [0.05, 0.1) is 7.11 Å². The number of rotatable bonds is 6. The van der Waals surface area contributed by atoms with Gasteiger partial charge in [-0.05, 0) is 55.7 Å². The average Bonchev–Trinajstić information content (AvgIpc) is 2.51. The molecule has 4 heteroatoms. The van der Waals surface area contributed by atoms with E-state index in [-0.39, 0.29) is 5.91 Å². The molecule has 0 aliphatic rings. The second kappa shape index (κ2) is 7.68. The Labute approximate surface area is 137 Å². The number of anilines is 1. The monoisotopic (exact) mass is 313 g/mol. The third-order valence-electron chi connectivity index (χ3n) is 3.47. The van der Waals surface area contributed by atoms with E-state index in [4.69, 9.17) is 9.47 Å². The predicted molar refractivity (Wildman–Crippen MR) is 92.2 cm³/mol. The van der Waals surface area contributed by atoms with Crippen LogP contribution in [0.25, 0.3) is 0 Å². The molecule has 0 saturated heterocycles. The molecule has 0 spiro atoms. The van der Waals surface area contributed by atoms with Crippen molar-refractivity contribution in [3.63, 3.8) is 0 Å². The molecule has 0 radical (unpaired) electrons. The van der Waals surface area contributed by atoms with Crippen LogP contribution in [0.5, 0.6) is 11.5 Å². The zero-order valence-corrected chi connectivity index (χ0v) is 14.1. The fourth-order valence-electron chi connectivity index (χ4n) is 2.41. The summed E-state index contributed by atoms with van der Waals surface area (Å²) in [7, 11) is 1.60. The molecule has 0 saturated carbocycles. The van der Waals surface area contributed by atoms with E-state index >= 15 is 0 Å². The molecule has 1 N–H and O–H groups in total. The summed E-state index contributed by atoms with van der Waals surface area (Å²) in [5.41, 5.74) is 2.92. The molecule has 2 aromatic rings. The fraction of sp³-hybridized carbons (Fsp3) is 0.316. The Morgan fingerprint density at radius 3 is 2.39 bits per heavy atom. The second-order valence-corrected chi connectivity index (χ2v) is 5.56. The molecule has 4 nitrogen and oxygen atoms in total. The van der Waals surface area contributed by atoms with Crippen LogP contribution in [0.2, 0.25) is 0 Å². The smallest absolute Gasteiger partial charge is 0.265 e. The van der Waals surface area contributed by atoms with Gasteiger partial charge in [0.25, 0.3) is 5.91 Å². The summed E-state index contributed by atoms with van der Waals surface area (Å²) in [5, 5.41) is 2.87. The quantitative estimate of drug-likeness (QED) is 0.873. The van der Waals surface area contributed by atoms with Gasteiger partial charge in [-0.15, -0.1) is 0 Å². The Bertz CT molecular complexity index is 662. The van der Waals surface area contributed by atoms with Crippen molar-refractivity contribution in [2.45, 2.75) is 33.3 Å². The number of benzene rings is 2. The van der Waals surface area contributed by atoms with Gasteiger partial charge in [-0.2, -0.15) is 0 Å². The Kier molecular flexibility index (Phi) is 5.63. The second-order valence-electron chi connectivity index (χ2n) is 5.56. The summed E-state index contributed by atoms with van der Waals surface area (Å²) in [6.45, 7) is 5.95. The number of methoxy groups -OCH3 is 1. The van der Waals surface area contributed by atoms with E-state index < -0.39 is 6.10 Å². The van der Waals surface area contributed by atoms with E-state index in [2.05, 4.69) is 11.4 Å². The molecule has 0 heterocycles. The summed E-state index contributed by atoms with van der Waals surface area (Å²) in [5.74, 6) is 1.25. The van der Waals surface area contributed by atoms with E-state index in [1.165, 1.54) is 0 Å². The lowest BCUT2D eigenvalue weighted by atomic mass is 10.1. The number of carbonyl (C=O) groups excluding carboxylic acids is 1. The van der Waals surface area contributed by atoms with Crippen LogP contribution in [-0.4, -0.2) is 19.1 Å². The predicted octanol–water partition coefficient (Wildman–Crippen LogP) is 4.11. The van der Waals surface area contributed by atoms with Crippen molar-refractivity contribution in [3.05, 3.63) is 53.6 Å². The number of amides is 1. The van der Waals surface area contributed by atoms with Crippen molar-refractivity contribution in [3.8, 4) is 11.5 Å². The van der Waals surface area contributed by atoms with Crippen LogP contribution < -0.4 is 14.8 Å². The van der Waals surface area contributed by atoms with Crippen molar-refractivity contribution >= 4 is 11.6 Å². The van der Waals surface area contributed by atoms with Crippen LogP contribution in [0.4, 0.5) is 5.69 Å². The van der Waals surface area contributed by atoms with Gasteiger partial charge >= 0.3 is 0 Å². The normalized spacial score (nSPS) is 11.7. The summed E-state index contributed by atoms with van der Waals surface area (Å²) in [6, 6.07) is 13.2. The van der Waals surface area contributed by atoms with Crippen LogP contribution in [-0.2, 0) is 4.79 Å². The molecule has 0 aliphatic carbocycles. The van der Waals surface area contributed by atoms with Crippen LogP contribution in [0.3, 0.4) is 0 Å². The van der Waals surface area contributed by atoms with E-state index in [0.29, 0.717) is 17.9 Å². The average molecular weight is 313 g/mol. The SMILES string of the molecule is CCC(Oc1cc(C)cc(C)c1)C(=O)Nc1cccc(OC)c1. The molecule has 2 aromatic carbocycles. The largest absolute Gasteiger partial charge is 0.497 e. The summed E-state index contributed by atoms with van der Waals surface area (Å²) >= 11 is 0. The minimum atomic E-state index is -0.539. The van der Waals surface area contributed by atoms with Crippen molar-refractivity contribution in [1.82, 2.24) is 0 Å². The maximum Gasteiger partial charge on any atom is 0.265 e. The topological polar surface area (TPSA) is 47.6 Å². The summed E-state index contributed by atoms with van der Waals surface area (Å²) < 4.78 is 11.0. The maximum absolute atomic E-state index is 12.4. The lowest BCUT2D eigenvalue weighted by Gasteiger charge is -2.18. The molecule has 0 bridgehead atoms. The van der Waals surface area contributed by atoms with Crippen LogP contribution in [0.15, 0.2) is 42.5 Å². The minimum Gasteiger partial charge on any atom is -0.497 e. The molecule has 1 unspecified atom stereocenters. The Morgan fingerprint density at radius 2 is 1.78 bits per heavy atom. The van der Waals surface area contributed by atoms with Gasteiger partial charge in [-0.3, -0.25) is 4.79 Å². The van der Waals surface area contributed by atoms with Crippen LogP contribution >= 0.6 is 0 Å². The minimum absolute atomic E-state index is 0.167. The Morgan fingerprint density at radius 1 is 1.09 bits per heavy atom. The molecular weight excluding hydrogens is 290 g/mol. The number of ether oxygens (including phenoxy) is 2. The first-order valence-electron chi connectivity index (χ1n) is 7.71. The fourth-order valence-corrected chi connectivity index (χ4v) is 2.41. The first-order valence-corrected chi connectivity index (χ1v) is 7.71. The molecular formula is C19H23NO3. The highest BCUT2D eigenvalue weighted by atomic mass is 16.5. The lowest BCUT2D eigenvalue weighted by Crippen LogP contribution is -2.32. The number of carbonyl (C=O) groups is 1. The molecule has 0 aliphatic heterocycles. The van der Waals surface area contributed by atoms with Gasteiger partial charge in [0, 0.05) is 11.8 Å². The number of hydrogen-bond acceptors (Lipinski definition) is 3. The third kappa shape index (κ3) is 4.74. The van der Waals surface area contributed by atoms with Gasteiger partial charge in [0.1, 0.15) is 11.5 Å². The van der Waals surface area contributed by atoms with E-state index in [1.807, 2.05) is 51.1 Å². The number of aryl methyl sites for hydroxylation is 2. The van der Waals surface area contributed by atoms with Gasteiger partial charge in [-0.1, -0.05) is 19.1 Å². The number of nitrogens with one attached hydrogen (secondary N) is 1. The molecule has 23 heavy (non-hydrogen) atoms. The Hall–Kier alpha value is -2.49. The first-order chi connectivity index (χ1) is 11.0. The van der Waals surface area contributed by atoms with E-state index in [1.54, 1.807) is 13.2 Å². The number of hydrogen-bond donors (Lipinski definition) is 1.